The largest absolute Gasteiger partial charge is 0.493 e. The highest BCUT2D eigenvalue weighted by Crippen LogP contribution is 2.31. The van der Waals surface area contributed by atoms with Gasteiger partial charge in [-0.05, 0) is 29.1 Å². The van der Waals surface area contributed by atoms with Crippen molar-refractivity contribution >= 4 is 22.2 Å². The fourth-order valence-corrected chi connectivity index (χ4v) is 3.83. The molecule has 1 aromatic carbocycles. The number of carbonyl (C=O) groups is 1. The fraction of sp³-hybridized carbons (Fsp3) is 0.333. The van der Waals surface area contributed by atoms with Crippen molar-refractivity contribution in [3.63, 3.8) is 0 Å². The Morgan fingerprint density at radius 3 is 2.72 bits per heavy atom. The maximum atomic E-state index is 12.3. The van der Waals surface area contributed by atoms with Crippen LogP contribution >= 0.6 is 11.3 Å². The predicted octanol–water partition coefficient (Wildman–Crippen LogP) is 1.22. The van der Waals surface area contributed by atoms with Crippen molar-refractivity contribution in [3.8, 4) is 17.6 Å². The zero-order chi connectivity index (χ0) is 17.8. The molecule has 2 N–H and O–H groups in total. The molecule has 2 aromatic rings. The second-order valence-corrected chi connectivity index (χ2v) is 6.82. The Hall–Kier alpha value is -2.56. The average molecular weight is 358 g/mol. The van der Waals surface area contributed by atoms with E-state index >= 15 is 0 Å². The molecule has 7 heteroatoms. The van der Waals surface area contributed by atoms with Gasteiger partial charge in [-0.25, -0.2) is 0 Å². The van der Waals surface area contributed by atoms with E-state index in [-0.39, 0.29) is 5.91 Å². The lowest BCUT2D eigenvalue weighted by Gasteiger charge is -2.26. The van der Waals surface area contributed by atoms with Crippen molar-refractivity contribution in [2.75, 3.05) is 32.6 Å². The van der Waals surface area contributed by atoms with Crippen molar-refractivity contribution in [2.24, 2.45) is 0 Å². The van der Waals surface area contributed by atoms with E-state index in [0.717, 1.165) is 25.3 Å². The molecule has 1 atom stereocenters. The van der Waals surface area contributed by atoms with Gasteiger partial charge in [-0.2, -0.15) is 5.26 Å². The van der Waals surface area contributed by atoms with Crippen molar-refractivity contribution in [2.45, 2.75) is 13.0 Å². The lowest BCUT2D eigenvalue weighted by atomic mass is 9.99. The van der Waals surface area contributed by atoms with E-state index in [1.54, 1.807) is 25.7 Å². The van der Waals surface area contributed by atoms with Crippen LogP contribution in [0.1, 0.15) is 16.7 Å². The second kappa shape index (κ2) is 7.55. The van der Waals surface area contributed by atoms with Gasteiger partial charge in [0.2, 0.25) is 0 Å². The van der Waals surface area contributed by atoms with Gasteiger partial charge >= 0.3 is 0 Å². The molecule has 25 heavy (non-hydrogen) atoms. The van der Waals surface area contributed by atoms with Crippen LogP contribution in [0.3, 0.4) is 0 Å². The van der Waals surface area contributed by atoms with Gasteiger partial charge in [-0.15, -0.1) is 11.3 Å². The number of carbonyl (C=O) groups excluding carboxylic acids is 1. The molecule has 130 valence electrons. The number of hydrogen-bond acceptors (Lipinski definition) is 5. The molecule has 0 radical (unpaired) electrons. The van der Waals surface area contributed by atoms with Gasteiger partial charge in [0, 0.05) is 12.0 Å². The van der Waals surface area contributed by atoms with Crippen LogP contribution in [0.15, 0.2) is 23.6 Å². The summed E-state index contributed by atoms with van der Waals surface area (Å²) < 4.78 is 10.7. The Balaban J connectivity index is 1.66. The lowest BCUT2D eigenvalue weighted by molar-refractivity contribution is -0.907. The van der Waals surface area contributed by atoms with Crippen LogP contribution in [0.4, 0.5) is 5.00 Å². The van der Waals surface area contributed by atoms with Gasteiger partial charge in [0.25, 0.3) is 5.91 Å². The number of benzene rings is 1. The number of thiophene rings is 1. The molecule has 0 bridgehead atoms. The molecular formula is C18H20N3O3S+. The predicted molar refractivity (Wildman–Crippen MR) is 95.3 cm³/mol. The zero-order valence-electron chi connectivity index (χ0n) is 14.2. The topological polar surface area (TPSA) is 75.8 Å². The number of fused-ring (bicyclic) bond motifs is 1. The highest BCUT2D eigenvalue weighted by atomic mass is 32.1. The van der Waals surface area contributed by atoms with E-state index in [4.69, 9.17) is 14.7 Å². The second-order valence-electron chi connectivity index (χ2n) is 5.90. The van der Waals surface area contributed by atoms with Gasteiger partial charge in [0.15, 0.2) is 18.0 Å². The summed E-state index contributed by atoms with van der Waals surface area (Å²) in [6.45, 7) is 2.01. The van der Waals surface area contributed by atoms with Crippen LogP contribution in [0, 0.1) is 11.3 Å². The molecule has 1 amide bonds. The van der Waals surface area contributed by atoms with Crippen molar-refractivity contribution in [3.05, 3.63) is 40.3 Å². The first-order chi connectivity index (χ1) is 12.1. The molecule has 6 nitrogen and oxygen atoms in total. The van der Waals surface area contributed by atoms with Crippen molar-refractivity contribution < 1.29 is 19.2 Å². The van der Waals surface area contributed by atoms with Crippen LogP contribution in [0.25, 0.3) is 0 Å². The third-order valence-corrected chi connectivity index (χ3v) is 5.17. The lowest BCUT2D eigenvalue weighted by Crippen LogP contribution is -3.12. The summed E-state index contributed by atoms with van der Waals surface area (Å²) in [5.74, 6) is 1.38. The van der Waals surface area contributed by atoms with E-state index in [1.807, 2.05) is 12.1 Å². The molecule has 1 unspecified atom stereocenters. The van der Waals surface area contributed by atoms with E-state index in [0.29, 0.717) is 22.9 Å². The minimum atomic E-state index is -0.0714. The molecule has 0 saturated carbocycles. The molecule has 0 saturated heterocycles. The quantitative estimate of drug-likeness (QED) is 0.843. The van der Waals surface area contributed by atoms with Crippen LogP contribution in [-0.2, 0) is 17.8 Å². The number of nitrogens with one attached hydrogen (secondary N) is 2. The van der Waals surface area contributed by atoms with Crippen LogP contribution in [0.5, 0.6) is 11.5 Å². The summed E-state index contributed by atoms with van der Waals surface area (Å²) in [4.78, 5) is 13.5. The SMILES string of the molecule is COc1cc2c(cc1OC)C[NH+](CC(=O)Nc1sccc1C#N)CC2. The summed E-state index contributed by atoms with van der Waals surface area (Å²) in [5.41, 5.74) is 2.93. The molecule has 2 heterocycles. The summed E-state index contributed by atoms with van der Waals surface area (Å²) in [6.07, 6.45) is 0.890. The third kappa shape index (κ3) is 3.76. The number of hydrogen-bond donors (Lipinski definition) is 2. The normalized spacial score (nSPS) is 15.8. The Morgan fingerprint density at radius 2 is 2.04 bits per heavy atom. The number of methoxy groups -OCH3 is 2. The van der Waals surface area contributed by atoms with Crippen LogP contribution in [-0.4, -0.2) is 33.2 Å². The molecule has 1 aromatic heterocycles. The molecule has 3 rings (SSSR count). The standard InChI is InChI=1S/C18H19N3O3S/c1-23-15-7-12-3-5-21(10-14(12)8-16(15)24-2)11-17(22)20-18-13(9-19)4-6-25-18/h4,6-8H,3,5,10-11H2,1-2H3,(H,20,22)/p+1. The van der Waals surface area contributed by atoms with Crippen LogP contribution in [0.2, 0.25) is 0 Å². The minimum absolute atomic E-state index is 0.0714. The van der Waals surface area contributed by atoms with Crippen LogP contribution < -0.4 is 19.7 Å². The van der Waals surface area contributed by atoms with E-state index in [9.17, 15) is 4.79 Å². The number of nitrogens with zero attached hydrogens (tertiary/aromatic N) is 1. The highest BCUT2D eigenvalue weighted by molar-refractivity contribution is 7.14. The number of anilines is 1. The third-order valence-electron chi connectivity index (χ3n) is 4.34. The molecule has 1 aliphatic heterocycles. The van der Waals surface area contributed by atoms with Gasteiger partial charge in [0.05, 0.1) is 26.3 Å². The van der Waals surface area contributed by atoms with Gasteiger partial charge < -0.3 is 19.7 Å². The van der Waals surface area contributed by atoms with Gasteiger partial charge in [0.1, 0.15) is 17.6 Å². The van der Waals surface area contributed by atoms with E-state index in [2.05, 4.69) is 11.4 Å². The minimum Gasteiger partial charge on any atom is -0.493 e. The molecule has 0 spiro atoms. The maximum Gasteiger partial charge on any atom is 0.280 e. The molecule has 1 aliphatic rings. The number of rotatable bonds is 5. The Bertz CT molecular complexity index is 825. The first kappa shape index (κ1) is 17.3. The van der Waals surface area contributed by atoms with Crippen molar-refractivity contribution in [1.29, 1.82) is 5.26 Å². The number of ether oxygens (including phenoxy) is 2. The highest BCUT2D eigenvalue weighted by Gasteiger charge is 2.24. The van der Waals surface area contributed by atoms with Gasteiger partial charge in [-0.3, -0.25) is 4.79 Å². The summed E-state index contributed by atoms with van der Waals surface area (Å²) in [7, 11) is 3.26. The zero-order valence-corrected chi connectivity index (χ0v) is 15.0. The van der Waals surface area contributed by atoms with Crippen molar-refractivity contribution in [1.82, 2.24) is 0 Å². The average Bonchev–Trinajstić information content (AvgIpc) is 3.07. The maximum absolute atomic E-state index is 12.3. The Labute approximate surface area is 150 Å². The number of amides is 1. The first-order valence-electron chi connectivity index (χ1n) is 7.99. The Kier molecular flexibility index (Phi) is 5.22. The summed E-state index contributed by atoms with van der Waals surface area (Å²) in [6, 6.07) is 7.82. The first-order valence-corrected chi connectivity index (χ1v) is 8.87. The Morgan fingerprint density at radius 1 is 1.32 bits per heavy atom. The molecule has 0 fully saturated rings. The number of quaternary nitrogens is 1. The van der Waals surface area contributed by atoms with Gasteiger partial charge in [-0.1, -0.05) is 0 Å². The summed E-state index contributed by atoms with van der Waals surface area (Å²) in [5, 5.41) is 14.3. The monoisotopic (exact) mass is 358 g/mol. The smallest absolute Gasteiger partial charge is 0.280 e. The molecule has 0 aliphatic carbocycles. The number of nitriles is 1. The summed E-state index contributed by atoms with van der Waals surface area (Å²) >= 11 is 1.37. The van der Waals surface area contributed by atoms with E-state index in [1.165, 1.54) is 27.4 Å². The fourth-order valence-electron chi connectivity index (χ4n) is 3.07. The van der Waals surface area contributed by atoms with E-state index < -0.39 is 0 Å². The molecular weight excluding hydrogens is 338 g/mol.